The number of amides is 1. The van der Waals surface area contributed by atoms with Crippen LogP contribution >= 0.6 is 22.6 Å². The van der Waals surface area contributed by atoms with Crippen molar-refractivity contribution in [2.45, 2.75) is 0 Å². The van der Waals surface area contributed by atoms with E-state index in [4.69, 9.17) is 4.74 Å². The zero-order chi connectivity index (χ0) is 14.5. The van der Waals surface area contributed by atoms with E-state index < -0.39 is 17.5 Å². The van der Waals surface area contributed by atoms with Crippen LogP contribution in [0.3, 0.4) is 0 Å². The number of benzene rings is 2. The van der Waals surface area contributed by atoms with Crippen LogP contribution in [0.15, 0.2) is 42.5 Å². The number of hydrogen-bond acceptors (Lipinski definition) is 2. The molecule has 6 heteroatoms. The summed E-state index contributed by atoms with van der Waals surface area (Å²) >= 11 is 2.15. The first kappa shape index (κ1) is 14.7. The van der Waals surface area contributed by atoms with Crippen LogP contribution in [-0.4, -0.2) is 12.5 Å². The fourth-order valence-electron chi connectivity index (χ4n) is 1.47. The molecule has 20 heavy (non-hydrogen) atoms. The quantitative estimate of drug-likeness (QED) is 0.812. The topological polar surface area (TPSA) is 38.3 Å². The highest BCUT2D eigenvalue weighted by molar-refractivity contribution is 14.1. The molecule has 0 bridgehead atoms. The minimum absolute atomic E-state index is 0.163. The normalized spacial score (nSPS) is 10.2. The zero-order valence-corrected chi connectivity index (χ0v) is 12.4. The van der Waals surface area contributed by atoms with Crippen molar-refractivity contribution < 1.29 is 18.3 Å². The van der Waals surface area contributed by atoms with Crippen molar-refractivity contribution in [3.05, 3.63) is 57.7 Å². The summed E-state index contributed by atoms with van der Waals surface area (Å²) in [5.74, 6) is -2.12. The molecule has 3 nitrogen and oxygen atoms in total. The van der Waals surface area contributed by atoms with Crippen molar-refractivity contribution in [3.8, 4) is 5.75 Å². The third-order valence-electron chi connectivity index (χ3n) is 2.38. The van der Waals surface area contributed by atoms with Gasteiger partial charge in [-0.2, -0.15) is 0 Å². The van der Waals surface area contributed by atoms with Gasteiger partial charge in [0.2, 0.25) is 0 Å². The Kier molecular flexibility index (Phi) is 4.89. The summed E-state index contributed by atoms with van der Waals surface area (Å²) in [5.41, 5.74) is 0.624. The van der Waals surface area contributed by atoms with Gasteiger partial charge >= 0.3 is 0 Å². The maximum Gasteiger partial charge on any atom is 0.262 e. The second kappa shape index (κ2) is 6.65. The third kappa shape index (κ3) is 4.16. The number of nitrogens with one attached hydrogen (secondary N) is 1. The van der Waals surface area contributed by atoms with Crippen LogP contribution in [0.1, 0.15) is 0 Å². The largest absolute Gasteiger partial charge is 0.481 e. The fraction of sp³-hybridized carbons (Fsp3) is 0.0714. The number of anilines is 1. The molecule has 2 rings (SSSR count). The van der Waals surface area contributed by atoms with Gasteiger partial charge in [0.05, 0.1) is 0 Å². The highest BCUT2D eigenvalue weighted by Gasteiger charge is 2.08. The summed E-state index contributed by atoms with van der Waals surface area (Å²) in [5, 5.41) is 2.61. The maximum absolute atomic E-state index is 13.3. The Morgan fingerprint density at radius 2 is 1.85 bits per heavy atom. The SMILES string of the molecule is O=C(COc1ccc(F)cc1F)Nc1ccc(I)cc1. The summed E-state index contributed by atoms with van der Waals surface area (Å²) < 4.78 is 32.0. The van der Waals surface area contributed by atoms with Crippen LogP contribution in [0.4, 0.5) is 14.5 Å². The van der Waals surface area contributed by atoms with Crippen molar-refractivity contribution in [1.29, 1.82) is 0 Å². The molecule has 0 aliphatic heterocycles. The molecule has 0 saturated carbocycles. The fourth-order valence-corrected chi connectivity index (χ4v) is 1.83. The van der Waals surface area contributed by atoms with Crippen molar-refractivity contribution >= 4 is 34.2 Å². The van der Waals surface area contributed by atoms with Gasteiger partial charge in [0.15, 0.2) is 18.2 Å². The molecule has 0 fully saturated rings. The van der Waals surface area contributed by atoms with Gasteiger partial charge in [-0.15, -0.1) is 0 Å². The van der Waals surface area contributed by atoms with Gasteiger partial charge in [0.1, 0.15) is 5.82 Å². The molecule has 0 aliphatic carbocycles. The Morgan fingerprint density at radius 3 is 2.50 bits per heavy atom. The minimum Gasteiger partial charge on any atom is -0.481 e. The van der Waals surface area contributed by atoms with E-state index in [2.05, 4.69) is 27.9 Å². The minimum atomic E-state index is -0.841. The second-order valence-electron chi connectivity index (χ2n) is 3.92. The lowest BCUT2D eigenvalue weighted by Crippen LogP contribution is -2.20. The average Bonchev–Trinajstić information content (AvgIpc) is 2.40. The summed E-state index contributed by atoms with van der Waals surface area (Å²) in [6.45, 7) is -0.353. The Labute approximate surface area is 128 Å². The van der Waals surface area contributed by atoms with E-state index in [0.29, 0.717) is 11.8 Å². The molecule has 104 valence electrons. The van der Waals surface area contributed by atoms with Crippen molar-refractivity contribution in [1.82, 2.24) is 0 Å². The predicted octanol–water partition coefficient (Wildman–Crippen LogP) is 3.59. The van der Waals surface area contributed by atoms with Gasteiger partial charge in [-0.1, -0.05) is 0 Å². The Hall–Kier alpha value is -1.70. The van der Waals surface area contributed by atoms with E-state index in [0.717, 1.165) is 15.7 Å². The zero-order valence-electron chi connectivity index (χ0n) is 10.2. The van der Waals surface area contributed by atoms with Crippen LogP contribution in [-0.2, 0) is 4.79 Å². The first-order valence-corrected chi connectivity index (χ1v) is 6.76. The number of carbonyl (C=O) groups is 1. The van der Waals surface area contributed by atoms with Gasteiger partial charge in [0, 0.05) is 15.3 Å². The van der Waals surface area contributed by atoms with E-state index in [1.165, 1.54) is 0 Å². The van der Waals surface area contributed by atoms with Crippen molar-refractivity contribution in [2.24, 2.45) is 0 Å². The van der Waals surface area contributed by atoms with E-state index in [-0.39, 0.29) is 12.4 Å². The van der Waals surface area contributed by atoms with E-state index >= 15 is 0 Å². The Morgan fingerprint density at radius 1 is 1.15 bits per heavy atom. The van der Waals surface area contributed by atoms with Crippen LogP contribution < -0.4 is 10.1 Å². The van der Waals surface area contributed by atoms with Crippen LogP contribution in [0.25, 0.3) is 0 Å². The molecule has 0 aliphatic rings. The van der Waals surface area contributed by atoms with Crippen LogP contribution in [0, 0.1) is 15.2 Å². The molecule has 0 spiro atoms. The van der Waals surface area contributed by atoms with Gasteiger partial charge in [-0.3, -0.25) is 4.79 Å². The van der Waals surface area contributed by atoms with Crippen LogP contribution in [0.2, 0.25) is 0 Å². The van der Waals surface area contributed by atoms with E-state index in [1.807, 2.05) is 12.1 Å². The first-order valence-electron chi connectivity index (χ1n) is 5.68. The summed E-state index contributed by atoms with van der Waals surface area (Å²) in [6, 6.07) is 10.1. The molecule has 0 unspecified atom stereocenters. The molecule has 0 radical (unpaired) electrons. The van der Waals surface area contributed by atoms with Crippen molar-refractivity contribution in [2.75, 3.05) is 11.9 Å². The summed E-state index contributed by atoms with van der Waals surface area (Å²) in [7, 11) is 0. The maximum atomic E-state index is 13.3. The number of ether oxygens (including phenoxy) is 1. The van der Waals surface area contributed by atoms with Crippen LogP contribution in [0.5, 0.6) is 5.75 Å². The molecule has 0 saturated heterocycles. The Bertz CT molecular complexity index is 617. The smallest absolute Gasteiger partial charge is 0.262 e. The van der Waals surface area contributed by atoms with E-state index in [9.17, 15) is 13.6 Å². The molecular weight excluding hydrogens is 379 g/mol. The number of carbonyl (C=O) groups excluding carboxylic acids is 1. The molecule has 0 atom stereocenters. The molecule has 2 aromatic rings. The first-order chi connectivity index (χ1) is 9.54. The average molecular weight is 389 g/mol. The predicted molar refractivity (Wildman–Crippen MR) is 79.6 cm³/mol. The standard InChI is InChI=1S/C14H10F2INO2/c15-9-1-6-13(12(16)7-9)20-8-14(19)18-11-4-2-10(17)3-5-11/h1-7H,8H2,(H,18,19). The molecule has 0 aromatic heterocycles. The summed E-state index contributed by atoms with van der Waals surface area (Å²) in [4.78, 5) is 11.6. The molecule has 1 N–H and O–H groups in total. The molecular formula is C14H10F2INO2. The van der Waals surface area contributed by atoms with Gasteiger partial charge in [0.25, 0.3) is 5.91 Å². The van der Waals surface area contributed by atoms with E-state index in [1.54, 1.807) is 12.1 Å². The summed E-state index contributed by atoms with van der Waals surface area (Å²) in [6.07, 6.45) is 0. The lowest BCUT2D eigenvalue weighted by molar-refractivity contribution is -0.118. The second-order valence-corrected chi connectivity index (χ2v) is 5.16. The molecule has 2 aromatic carbocycles. The molecule has 0 heterocycles. The van der Waals surface area contributed by atoms with Gasteiger partial charge in [-0.05, 0) is 59.0 Å². The lowest BCUT2D eigenvalue weighted by atomic mass is 10.3. The van der Waals surface area contributed by atoms with Gasteiger partial charge < -0.3 is 10.1 Å². The number of halogens is 3. The third-order valence-corrected chi connectivity index (χ3v) is 3.10. The highest BCUT2D eigenvalue weighted by Crippen LogP contribution is 2.17. The molecule has 1 amide bonds. The number of rotatable bonds is 4. The van der Waals surface area contributed by atoms with Gasteiger partial charge in [-0.25, -0.2) is 8.78 Å². The Balaban J connectivity index is 1.90. The monoisotopic (exact) mass is 389 g/mol. The lowest BCUT2D eigenvalue weighted by Gasteiger charge is -2.08. The van der Waals surface area contributed by atoms with Crippen molar-refractivity contribution in [3.63, 3.8) is 0 Å². The number of hydrogen-bond donors (Lipinski definition) is 1. The highest BCUT2D eigenvalue weighted by atomic mass is 127.